The Morgan fingerprint density at radius 3 is 2.68 bits per heavy atom. The van der Waals surface area contributed by atoms with Crippen LogP contribution < -0.4 is 5.32 Å². The van der Waals surface area contributed by atoms with E-state index in [1.54, 1.807) is 0 Å². The monoisotopic (exact) mass is 489 g/mol. The second-order valence-electron chi connectivity index (χ2n) is 7.64. The summed E-state index contributed by atoms with van der Waals surface area (Å²) in [6, 6.07) is 14.8. The zero-order valence-corrected chi connectivity index (χ0v) is 19.1. The average molecular weight is 490 g/mol. The van der Waals surface area contributed by atoms with Crippen molar-refractivity contribution in [2.75, 3.05) is 5.32 Å². The fourth-order valence-electron chi connectivity index (χ4n) is 3.37. The van der Waals surface area contributed by atoms with Crippen molar-refractivity contribution in [1.29, 1.82) is 5.26 Å². The summed E-state index contributed by atoms with van der Waals surface area (Å²) in [4.78, 5) is 25.4. The van der Waals surface area contributed by atoms with Crippen molar-refractivity contribution in [3.8, 4) is 17.9 Å². The van der Waals surface area contributed by atoms with Crippen LogP contribution in [0.25, 0.3) is 9.40 Å². The van der Waals surface area contributed by atoms with Crippen molar-refractivity contribution in [2.24, 2.45) is 0 Å². The highest BCUT2D eigenvalue weighted by molar-refractivity contribution is 7.38. The molecule has 4 aromatic rings. The Labute approximate surface area is 201 Å². The van der Waals surface area contributed by atoms with Gasteiger partial charge < -0.3 is 14.4 Å². The van der Waals surface area contributed by atoms with E-state index in [0.717, 1.165) is 24.7 Å². The number of hydrogen-bond donors (Lipinski definition) is 2. The maximum atomic E-state index is 12.2. The van der Waals surface area contributed by atoms with Crippen LogP contribution in [0.4, 0.5) is 10.5 Å². The number of fused-ring (bicyclic) bond motifs is 1. The Morgan fingerprint density at radius 1 is 1.21 bits per heavy atom. The molecule has 0 unspecified atom stereocenters. The summed E-state index contributed by atoms with van der Waals surface area (Å²) < 4.78 is 11.3. The van der Waals surface area contributed by atoms with Crippen molar-refractivity contribution in [2.45, 2.75) is 24.9 Å². The lowest BCUT2D eigenvalue weighted by molar-refractivity contribution is -0.139. The summed E-state index contributed by atoms with van der Waals surface area (Å²) in [5.74, 6) is 5.04. The van der Waals surface area contributed by atoms with E-state index in [-0.39, 0.29) is 23.7 Å². The SMILES string of the molecule is N#Cc1noc(C#Cc2cc3cc(C4(C(=O)O)CC4)sc3s2)c1NC(=O)OCc1ccccc1. The number of ether oxygens (including phenoxy) is 1. The van der Waals surface area contributed by atoms with Crippen LogP contribution in [0.1, 0.15) is 39.6 Å². The molecule has 10 heteroatoms. The molecule has 0 spiro atoms. The van der Waals surface area contributed by atoms with Crippen LogP contribution in [0.3, 0.4) is 0 Å². The number of rotatable bonds is 5. The Morgan fingerprint density at radius 2 is 2.00 bits per heavy atom. The summed E-state index contributed by atoms with van der Waals surface area (Å²) in [6.45, 7) is 0.0674. The van der Waals surface area contributed by atoms with Gasteiger partial charge >= 0.3 is 12.1 Å². The summed E-state index contributed by atoms with van der Waals surface area (Å²) >= 11 is 2.92. The van der Waals surface area contributed by atoms with E-state index in [4.69, 9.17) is 9.26 Å². The number of nitriles is 1. The fourth-order valence-corrected chi connectivity index (χ4v) is 5.91. The number of carboxylic acid groups (broad SMARTS) is 1. The molecule has 1 amide bonds. The molecule has 0 aliphatic heterocycles. The molecule has 1 fully saturated rings. The first-order valence-corrected chi connectivity index (χ1v) is 11.8. The lowest BCUT2D eigenvalue weighted by atomic mass is 10.1. The van der Waals surface area contributed by atoms with Gasteiger partial charge in [0, 0.05) is 10.3 Å². The third kappa shape index (κ3) is 4.13. The zero-order chi connectivity index (χ0) is 23.7. The van der Waals surface area contributed by atoms with Crippen LogP contribution in [0.5, 0.6) is 0 Å². The van der Waals surface area contributed by atoms with E-state index in [9.17, 15) is 20.0 Å². The van der Waals surface area contributed by atoms with Crippen molar-refractivity contribution in [3.05, 3.63) is 69.2 Å². The third-order valence-electron chi connectivity index (χ3n) is 5.38. The molecule has 0 radical (unpaired) electrons. The van der Waals surface area contributed by atoms with E-state index in [0.29, 0.717) is 12.8 Å². The van der Waals surface area contributed by atoms with Gasteiger partial charge in [0.1, 0.15) is 23.8 Å². The zero-order valence-electron chi connectivity index (χ0n) is 17.5. The first-order valence-electron chi connectivity index (χ1n) is 10.2. The topological polar surface area (TPSA) is 125 Å². The van der Waals surface area contributed by atoms with Crippen molar-refractivity contribution in [3.63, 3.8) is 0 Å². The number of aromatic nitrogens is 1. The number of nitrogens with one attached hydrogen (secondary N) is 1. The quantitative estimate of drug-likeness (QED) is 0.374. The van der Waals surface area contributed by atoms with Crippen LogP contribution in [0, 0.1) is 23.2 Å². The molecule has 3 aromatic heterocycles. The molecule has 1 aliphatic rings. The van der Waals surface area contributed by atoms with Crippen LogP contribution in [-0.4, -0.2) is 22.3 Å². The molecule has 0 saturated heterocycles. The Kier molecular flexibility index (Phi) is 5.54. The maximum absolute atomic E-state index is 12.2. The largest absolute Gasteiger partial charge is 0.481 e. The number of hydrogen-bond acceptors (Lipinski definition) is 8. The van der Waals surface area contributed by atoms with Gasteiger partial charge in [0.2, 0.25) is 11.5 Å². The smallest absolute Gasteiger partial charge is 0.412 e. The van der Waals surface area contributed by atoms with Gasteiger partial charge in [0.25, 0.3) is 0 Å². The fraction of sp³-hybridized carbons (Fsp3) is 0.167. The lowest BCUT2D eigenvalue weighted by Crippen LogP contribution is -2.17. The molecular weight excluding hydrogens is 474 g/mol. The summed E-state index contributed by atoms with van der Waals surface area (Å²) in [5, 5.41) is 25.9. The molecule has 168 valence electrons. The lowest BCUT2D eigenvalue weighted by Gasteiger charge is -2.05. The van der Waals surface area contributed by atoms with Crippen molar-refractivity contribution >= 4 is 49.8 Å². The standard InChI is InChI=1S/C24H15N3O5S2/c25-12-17-20(26-23(30)31-13-14-4-2-1-3-5-14)18(32-27-17)7-6-16-10-15-11-19(34-21(15)33-16)24(8-9-24)22(28)29/h1-5,10-11H,8-9,13H2,(H,26,30)(H,28,29). The first kappa shape index (κ1) is 21.7. The van der Waals surface area contributed by atoms with Gasteiger partial charge in [0.15, 0.2) is 0 Å². The van der Waals surface area contributed by atoms with Gasteiger partial charge in [-0.15, -0.1) is 22.7 Å². The molecule has 1 aliphatic carbocycles. The average Bonchev–Trinajstić information content (AvgIpc) is 3.23. The third-order valence-corrected chi connectivity index (χ3v) is 7.89. The normalized spacial score (nSPS) is 13.5. The predicted molar refractivity (Wildman–Crippen MR) is 126 cm³/mol. The summed E-state index contributed by atoms with van der Waals surface area (Å²) in [7, 11) is 0. The van der Waals surface area contributed by atoms with Crippen LogP contribution in [0.15, 0.2) is 47.0 Å². The Hall–Kier alpha value is -4.12. The van der Waals surface area contributed by atoms with E-state index in [1.165, 1.54) is 22.7 Å². The molecule has 8 nitrogen and oxygen atoms in total. The van der Waals surface area contributed by atoms with E-state index in [2.05, 4.69) is 22.3 Å². The van der Waals surface area contributed by atoms with E-state index in [1.807, 2.05) is 48.5 Å². The molecule has 34 heavy (non-hydrogen) atoms. The van der Waals surface area contributed by atoms with Gasteiger partial charge in [-0.25, -0.2) is 4.79 Å². The van der Waals surface area contributed by atoms with Gasteiger partial charge in [0.05, 0.1) is 8.89 Å². The molecule has 1 aromatic carbocycles. The maximum Gasteiger partial charge on any atom is 0.412 e. The van der Waals surface area contributed by atoms with Crippen molar-refractivity contribution < 1.29 is 24.0 Å². The van der Waals surface area contributed by atoms with Crippen LogP contribution in [0.2, 0.25) is 0 Å². The van der Waals surface area contributed by atoms with Gasteiger partial charge in [-0.05, 0) is 42.4 Å². The van der Waals surface area contributed by atoms with Gasteiger partial charge in [-0.1, -0.05) is 35.5 Å². The molecule has 5 rings (SSSR count). The highest BCUT2D eigenvalue weighted by Gasteiger charge is 2.53. The Balaban J connectivity index is 1.32. The van der Waals surface area contributed by atoms with Crippen LogP contribution in [-0.2, 0) is 21.6 Å². The second kappa shape index (κ2) is 8.67. The number of anilines is 1. The number of aliphatic carboxylic acids is 1. The first-order chi connectivity index (χ1) is 16.5. The predicted octanol–water partition coefficient (Wildman–Crippen LogP) is 5.09. The second-order valence-corrected chi connectivity index (χ2v) is 10.00. The van der Waals surface area contributed by atoms with Crippen LogP contribution >= 0.6 is 22.7 Å². The van der Waals surface area contributed by atoms with E-state index < -0.39 is 17.5 Å². The highest BCUT2D eigenvalue weighted by Crippen LogP contribution is 2.52. The molecular formula is C24H15N3O5S2. The van der Waals surface area contributed by atoms with Gasteiger partial charge in [-0.3, -0.25) is 10.1 Å². The number of carboxylic acids is 1. The molecule has 0 atom stereocenters. The molecule has 3 heterocycles. The minimum atomic E-state index is -0.776. The number of amides is 1. The minimum Gasteiger partial charge on any atom is -0.481 e. The number of benzene rings is 1. The summed E-state index contributed by atoms with van der Waals surface area (Å²) in [5.41, 5.74) is 0.0330. The number of carbonyl (C=O) groups excluding carboxylic acids is 1. The Bertz CT molecular complexity index is 1480. The molecule has 1 saturated carbocycles. The number of thiophene rings is 2. The van der Waals surface area contributed by atoms with Gasteiger partial charge in [-0.2, -0.15) is 5.26 Å². The minimum absolute atomic E-state index is 0.0356. The highest BCUT2D eigenvalue weighted by atomic mass is 32.2. The number of carbonyl (C=O) groups is 2. The molecule has 0 bridgehead atoms. The molecule has 2 N–H and O–H groups in total. The van der Waals surface area contributed by atoms with E-state index >= 15 is 0 Å². The van der Waals surface area contributed by atoms with Crippen molar-refractivity contribution in [1.82, 2.24) is 5.16 Å². The summed E-state index contributed by atoms with van der Waals surface area (Å²) in [6.07, 6.45) is 0.571. The number of nitrogens with zero attached hydrogens (tertiary/aromatic N) is 2.